The number of rotatable bonds is 6. The van der Waals surface area contributed by atoms with Crippen LogP contribution in [0.1, 0.15) is 0 Å². The van der Waals surface area contributed by atoms with Crippen molar-refractivity contribution in [3.8, 4) is 17.2 Å². The van der Waals surface area contributed by atoms with Gasteiger partial charge in [-0.1, -0.05) is 11.8 Å². The standard InChI is InChI=1S/C16H22N6O3S/c1-20-4-6-21(7-5-20)15(23)11-26-16-17-18-19-22(16)12-8-13(24-2)10-14(9-12)25-3/h8-10H,4-7,11H2,1-3H3. The van der Waals surface area contributed by atoms with Gasteiger partial charge in [-0.3, -0.25) is 4.79 Å². The van der Waals surface area contributed by atoms with Gasteiger partial charge in [0.15, 0.2) is 0 Å². The van der Waals surface area contributed by atoms with E-state index in [-0.39, 0.29) is 5.91 Å². The van der Waals surface area contributed by atoms with Crippen molar-refractivity contribution in [3.05, 3.63) is 18.2 Å². The fraction of sp³-hybridized carbons (Fsp3) is 0.500. The molecule has 3 rings (SSSR count). The molecular formula is C16H22N6O3S. The van der Waals surface area contributed by atoms with E-state index in [4.69, 9.17) is 9.47 Å². The van der Waals surface area contributed by atoms with Crippen LogP contribution in [0.3, 0.4) is 0 Å². The molecule has 0 atom stereocenters. The normalized spacial score (nSPS) is 15.1. The Morgan fingerprint density at radius 2 is 1.77 bits per heavy atom. The highest BCUT2D eigenvalue weighted by molar-refractivity contribution is 7.99. The van der Waals surface area contributed by atoms with E-state index < -0.39 is 0 Å². The molecule has 9 nitrogen and oxygen atoms in total. The van der Waals surface area contributed by atoms with Gasteiger partial charge in [0.2, 0.25) is 11.1 Å². The zero-order chi connectivity index (χ0) is 18.5. The van der Waals surface area contributed by atoms with E-state index in [1.54, 1.807) is 25.0 Å². The summed E-state index contributed by atoms with van der Waals surface area (Å²) < 4.78 is 12.2. The number of methoxy groups -OCH3 is 2. The lowest BCUT2D eigenvalue weighted by atomic mass is 10.3. The van der Waals surface area contributed by atoms with Gasteiger partial charge in [0.25, 0.3) is 0 Å². The second kappa shape index (κ2) is 8.37. The second-order valence-corrected chi connectivity index (χ2v) is 6.86. The first-order valence-electron chi connectivity index (χ1n) is 8.21. The molecule has 0 aliphatic carbocycles. The highest BCUT2D eigenvalue weighted by atomic mass is 32.2. The molecule has 0 N–H and O–H groups in total. The fourth-order valence-corrected chi connectivity index (χ4v) is 3.41. The third-order valence-electron chi connectivity index (χ3n) is 4.20. The Morgan fingerprint density at radius 1 is 1.12 bits per heavy atom. The molecule has 1 aromatic carbocycles. The largest absolute Gasteiger partial charge is 0.497 e. The molecule has 0 bridgehead atoms. The van der Waals surface area contributed by atoms with Gasteiger partial charge >= 0.3 is 0 Å². The Hall–Kier alpha value is -2.33. The molecule has 1 aliphatic heterocycles. The number of thioether (sulfide) groups is 1. The van der Waals surface area contributed by atoms with E-state index in [9.17, 15) is 4.79 Å². The van der Waals surface area contributed by atoms with Crippen LogP contribution < -0.4 is 9.47 Å². The van der Waals surface area contributed by atoms with E-state index >= 15 is 0 Å². The number of ether oxygens (including phenoxy) is 2. The van der Waals surface area contributed by atoms with Crippen molar-refractivity contribution in [2.75, 3.05) is 53.2 Å². The Labute approximate surface area is 156 Å². The molecule has 2 heterocycles. The maximum atomic E-state index is 12.4. The predicted octanol–water partition coefficient (Wildman–Crippen LogP) is 0.546. The Morgan fingerprint density at radius 3 is 2.38 bits per heavy atom. The van der Waals surface area contributed by atoms with E-state index in [0.717, 1.165) is 26.2 Å². The summed E-state index contributed by atoms with van der Waals surface area (Å²) in [4.78, 5) is 16.5. The number of nitrogens with zero attached hydrogens (tertiary/aromatic N) is 6. The summed E-state index contributed by atoms with van der Waals surface area (Å²) in [6.07, 6.45) is 0. The average Bonchev–Trinajstić information content (AvgIpc) is 3.14. The molecule has 1 aliphatic rings. The number of amides is 1. The number of carbonyl (C=O) groups is 1. The lowest BCUT2D eigenvalue weighted by molar-refractivity contribution is -0.129. The van der Waals surface area contributed by atoms with E-state index in [1.807, 2.05) is 17.0 Å². The van der Waals surface area contributed by atoms with Crippen LogP contribution in [0.2, 0.25) is 0 Å². The van der Waals surface area contributed by atoms with Gasteiger partial charge in [-0.25, -0.2) is 0 Å². The van der Waals surface area contributed by atoms with Crippen LogP contribution in [-0.2, 0) is 4.79 Å². The molecule has 0 radical (unpaired) electrons. The second-order valence-electron chi connectivity index (χ2n) is 5.92. The molecule has 1 saturated heterocycles. The first kappa shape index (κ1) is 18.5. The highest BCUT2D eigenvalue weighted by Gasteiger charge is 2.20. The molecular weight excluding hydrogens is 356 g/mol. The minimum Gasteiger partial charge on any atom is -0.497 e. The monoisotopic (exact) mass is 378 g/mol. The predicted molar refractivity (Wildman–Crippen MR) is 97.1 cm³/mol. The van der Waals surface area contributed by atoms with Gasteiger partial charge in [-0.2, -0.15) is 4.68 Å². The molecule has 140 valence electrons. The van der Waals surface area contributed by atoms with Gasteiger partial charge in [0.05, 0.1) is 25.7 Å². The summed E-state index contributed by atoms with van der Waals surface area (Å²) in [6.45, 7) is 3.32. The SMILES string of the molecule is COc1cc(OC)cc(-n2nnnc2SCC(=O)N2CCN(C)CC2)c1. The summed E-state index contributed by atoms with van der Waals surface area (Å²) in [5, 5.41) is 12.3. The van der Waals surface area contributed by atoms with E-state index in [1.165, 1.54) is 11.8 Å². The van der Waals surface area contributed by atoms with Crippen LogP contribution in [0, 0.1) is 0 Å². The van der Waals surface area contributed by atoms with E-state index in [2.05, 4.69) is 27.5 Å². The van der Waals surface area contributed by atoms with Crippen LogP contribution in [0.4, 0.5) is 0 Å². The number of hydrogen-bond acceptors (Lipinski definition) is 8. The molecule has 1 fully saturated rings. The molecule has 2 aromatic rings. The molecule has 0 saturated carbocycles. The van der Waals surface area contributed by atoms with Crippen LogP contribution >= 0.6 is 11.8 Å². The minimum absolute atomic E-state index is 0.0980. The average molecular weight is 378 g/mol. The summed E-state index contributed by atoms with van der Waals surface area (Å²) in [7, 11) is 5.23. The molecule has 26 heavy (non-hydrogen) atoms. The lowest BCUT2D eigenvalue weighted by Gasteiger charge is -2.32. The van der Waals surface area contributed by atoms with Crippen LogP contribution in [0.15, 0.2) is 23.4 Å². The van der Waals surface area contributed by atoms with Crippen molar-refractivity contribution < 1.29 is 14.3 Å². The number of hydrogen-bond donors (Lipinski definition) is 0. The van der Waals surface area contributed by atoms with E-state index in [0.29, 0.717) is 28.1 Å². The topological polar surface area (TPSA) is 85.6 Å². The summed E-state index contributed by atoms with van der Waals surface area (Å²) in [5.74, 6) is 1.67. The minimum atomic E-state index is 0.0980. The summed E-state index contributed by atoms with van der Waals surface area (Å²) in [5.41, 5.74) is 0.709. The molecule has 1 amide bonds. The third-order valence-corrected chi connectivity index (χ3v) is 5.11. The van der Waals surface area contributed by atoms with Gasteiger partial charge < -0.3 is 19.3 Å². The van der Waals surface area contributed by atoms with Gasteiger partial charge in [0.1, 0.15) is 11.5 Å². The van der Waals surface area contributed by atoms with Crippen molar-refractivity contribution in [2.45, 2.75) is 5.16 Å². The van der Waals surface area contributed by atoms with Gasteiger partial charge in [-0.15, -0.1) is 5.10 Å². The van der Waals surface area contributed by atoms with Crippen LogP contribution in [-0.4, -0.2) is 89.1 Å². The molecule has 1 aromatic heterocycles. The summed E-state index contributed by atoms with van der Waals surface area (Å²) in [6, 6.07) is 5.40. The lowest BCUT2D eigenvalue weighted by Crippen LogP contribution is -2.47. The van der Waals surface area contributed by atoms with Gasteiger partial charge in [-0.05, 0) is 17.5 Å². The van der Waals surface area contributed by atoms with Gasteiger partial charge in [0, 0.05) is 44.4 Å². The number of carbonyl (C=O) groups excluding carboxylic acids is 1. The number of piperazine rings is 1. The Balaban J connectivity index is 1.70. The number of likely N-dealkylation sites (N-methyl/N-ethyl adjacent to an activating group) is 1. The zero-order valence-electron chi connectivity index (χ0n) is 15.1. The quantitative estimate of drug-likeness (QED) is 0.674. The highest BCUT2D eigenvalue weighted by Crippen LogP contribution is 2.27. The van der Waals surface area contributed by atoms with Crippen LogP contribution in [0.25, 0.3) is 5.69 Å². The zero-order valence-corrected chi connectivity index (χ0v) is 15.9. The van der Waals surface area contributed by atoms with Crippen molar-refractivity contribution in [3.63, 3.8) is 0 Å². The third kappa shape index (κ3) is 4.25. The number of aromatic nitrogens is 4. The first-order valence-corrected chi connectivity index (χ1v) is 9.20. The van der Waals surface area contributed by atoms with Crippen molar-refractivity contribution in [2.24, 2.45) is 0 Å². The Bertz CT molecular complexity index is 738. The number of benzene rings is 1. The smallest absolute Gasteiger partial charge is 0.233 e. The van der Waals surface area contributed by atoms with Crippen LogP contribution in [0.5, 0.6) is 11.5 Å². The summed E-state index contributed by atoms with van der Waals surface area (Å²) >= 11 is 1.32. The molecule has 10 heteroatoms. The van der Waals surface area contributed by atoms with Crippen molar-refractivity contribution in [1.29, 1.82) is 0 Å². The molecule has 0 unspecified atom stereocenters. The fourth-order valence-electron chi connectivity index (χ4n) is 2.62. The maximum absolute atomic E-state index is 12.4. The number of tetrazole rings is 1. The molecule has 0 spiro atoms. The van der Waals surface area contributed by atoms with Crippen molar-refractivity contribution >= 4 is 17.7 Å². The maximum Gasteiger partial charge on any atom is 0.233 e. The van der Waals surface area contributed by atoms with Crippen molar-refractivity contribution in [1.82, 2.24) is 30.0 Å². The first-order chi connectivity index (χ1) is 12.6. The Kier molecular flexibility index (Phi) is 5.94.